The van der Waals surface area contributed by atoms with Crippen LogP contribution in [0, 0.1) is 11.3 Å². The van der Waals surface area contributed by atoms with Gasteiger partial charge in [0.1, 0.15) is 11.5 Å². The van der Waals surface area contributed by atoms with Crippen LogP contribution in [0.5, 0.6) is 11.5 Å². The Morgan fingerprint density at radius 3 is 1.47 bits per heavy atom. The third-order valence-electron chi connectivity index (χ3n) is 12.4. The zero-order chi connectivity index (χ0) is 41.2. The number of ether oxygens (including phenoxy) is 1. The number of rotatable bonds is 5. The standard InChI is InChI=1S/C57H34N4O/c58-35-36-19-21-37(22-20-36)43-28-31-51-49(33-43)57(47-18-10-9-17-46(47)53-45-16-8-7-11-39(45)27-30-48(53)57)50-34-44(29-32-52(50)62-51)38-23-25-42(26-24-38)56-60-54(40-12-3-1-4-13-40)59-55(61-56)41-14-5-2-6-15-41/h1-34H. The second-order valence-electron chi connectivity index (χ2n) is 15.8. The molecule has 288 valence electrons. The van der Waals surface area contributed by atoms with E-state index in [1.54, 1.807) is 0 Å². The summed E-state index contributed by atoms with van der Waals surface area (Å²) in [6.45, 7) is 0. The predicted octanol–water partition coefficient (Wildman–Crippen LogP) is 13.7. The number of nitriles is 1. The fourth-order valence-corrected chi connectivity index (χ4v) is 9.56. The molecule has 2 heterocycles. The molecule has 0 saturated carbocycles. The summed E-state index contributed by atoms with van der Waals surface area (Å²) in [4.78, 5) is 14.8. The van der Waals surface area contributed by atoms with Crippen LogP contribution in [-0.2, 0) is 5.41 Å². The Balaban J connectivity index is 1.03. The first-order chi connectivity index (χ1) is 30.7. The van der Waals surface area contributed by atoms with Crippen LogP contribution in [0.4, 0.5) is 0 Å². The number of nitrogens with zero attached hydrogens (tertiary/aromatic N) is 4. The van der Waals surface area contributed by atoms with E-state index in [9.17, 15) is 5.26 Å². The lowest BCUT2D eigenvalue weighted by atomic mass is 9.65. The minimum atomic E-state index is -0.690. The number of hydrogen-bond acceptors (Lipinski definition) is 5. The summed E-state index contributed by atoms with van der Waals surface area (Å²) in [6, 6.07) is 74.0. The second-order valence-corrected chi connectivity index (χ2v) is 15.8. The molecule has 9 aromatic carbocycles. The van der Waals surface area contributed by atoms with Crippen molar-refractivity contribution in [3.8, 4) is 85.1 Å². The molecule has 5 nitrogen and oxygen atoms in total. The molecule has 5 heteroatoms. The predicted molar refractivity (Wildman–Crippen MR) is 247 cm³/mol. The molecule has 0 amide bonds. The molecule has 1 unspecified atom stereocenters. The van der Waals surface area contributed by atoms with E-state index in [0.29, 0.717) is 23.0 Å². The van der Waals surface area contributed by atoms with E-state index in [1.165, 1.54) is 33.0 Å². The molecule has 10 aromatic rings. The van der Waals surface area contributed by atoms with Crippen molar-refractivity contribution in [3.63, 3.8) is 0 Å². The number of aromatic nitrogens is 3. The molecular weight excluding hydrogens is 757 g/mol. The van der Waals surface area contributed by atoms with Crippen molar-refractivity contribution in [2.75, 3.05) is 0 Å². The number of hydrogen-bond donors (Lipinski definition) is 0. The van der Waals surface area contributed by atoms with Crippen LogP contribution in [-0.4, -0.2) is 15.0 Å². The summed E-state index contributed by atoms with van der Waals surface area (Å²) in [5.74, 6) is 3.52. The van der Waals surface area contributed by atoms with Crippen molar-refractivity contribution in [1.29, 1.82) is 5.26 Å². The fraction of sp³-hybridized carbons (Fsp3) is 0.0175. The molecule has 0 N–H and O–H groups in total. The molecule has 12 rings (SSSR count). The van der Waals surface area contributed by atoms with Gasteiger partial charge in [0.25, 0.3) is 0 Å². The van der Waals surface area contributed by atoms with Gasteiger partial charge in [0.05, 0.1) is 17.0 Å². The first-order valence-electron chi connectivity index (χ1n) is 20.7. The van der Waals surface area contributed by atoms with Gasteiger partial charge in [-0.25, -0.2) is 15.0 Å². The molecule has 1 aromatic heterocycles. The Labute approximate surface area is 358 Å². The first-order valence-corrected chi connectivity index (χ1v) is 20.7. The van der Waals surface area contributed by atoms with Crippen molar-refractivity contribution < 1.29 is 4.74 Å². The molecule has 1 spiro atoms. The van der Waals surface area contributed by atoms with Crippen molar-refractivity contribution >= 4 is 10.8 Å². The van der Waals surface area contributed by atoms with E-state index >= 15 is 0 Å². The van der Waals surface area contributed by atoms with Crippen molar-refractivity contribution in [2.24, 2.45) is 0 Å². The lowest BCUT2D eigenvalue weighted by Crippen LogP contribution is -2.32. The van der Waals surface area contributed by atoms with Crippen LogP contribution in [0.1, 0.15) is 27.8 Å². The lowest BCUT2D eigenvalue weighted by molar-refractivity contribution is 0.436. The summed E-state index contributed by atoms with van der Waals surface area (Å²) < 4.78 is 6.91. The van der Waals surface area contributed by atoms with Crippen LogP contribution < -0.4 is 4.74 Å². The molecule has 0 fully saturated rings. The second kappa shape index (κ2) is 14.1. The van der Waals surface area contributed by atoms with Gasteiger partial charge in [-0.3, -0.25) is 0 Å². The van der Waals surface area contributed by atoms with Crippen LogP contribution in [0.3, 0.4) is 0 Å². The van der Waals surface area contributed by atoms with Crippen molar-refractivity contribution in [2.45, 2.75) is 5.41 Å². The van der Waals surface area contributed by atoms with E-state index in [2.05, 4.69) is 127 Å². The SMILES string of the molecule is N#Cc1ccc(-c2ccc3c(c2)C2(c4cc(-c5ccc(-c6nc(-c7ccccc7)nc(-c7ccccc7)n6)cc5)ccc4O3)c3ccccc3-c3c2ccc2ccccc32)cc1. The fourth-order valence-electron chi connectivity index (χ4n) is 9.56. The molecular formula is C57H34N4O. The third-order valence-corrected chi connectivity index (χ3v) is 12.4. The van der Waals surface area contributed by atoms with E-state index in [4.69, 9.17) is 19.7 Å². The third kappa shape index (κ3) is 5.51. The van der Waals surface area contributed by atoms with Gasteiger partial charge in [0, 0.05) is 27.8 Å². The molecule has 1 atom stereocenters. The van der Waals surface area contributed by atoms with Crippen molar-refractivity contribution in [3.05, 3.63) is 234 Å². The van der Waals surface area contributed by atoms with E-state index < -0.39 is 5.41 Å². The number of fused-ring (bicyclic) bond motifs is 11. The maximum atomic E-state index is 9.55. The average Bonchev–Trinajstić information content (AvgIpc) is 3.65. The minimum absolute atomic E-state index is 0.614. The summed E-state index contributed by atoms with van der Waals surface area (Å²) in [7, 11) is 0. The van der Waals surface area contributed by atoms with E-state index in [1.807, 2.05) is 84.9 Å². The highest BCUT2D eigenvalue weighted by Crippen LogP contribution is 2.63. The smallest absolute Gasteiger partial charge is 0.164 e. The van der Waals surface area contributed by atoms with E-state index in [0.717, 1.165) is 61.6 Å². The van der Waals surface area contributed by atoms with Gasteiger partial charge in [0.2, 0.25) is 0 Å². The number of benzene rings is 9. The summed E-state index contributed by atoms with van der Waals surface area (Å²) >= 11 is 0. The van der Waals surface area contributed by atoms with Crippen LogP contribution in [0.25, 0.3) is 78.3 Å². The lowest BCUT2D eigenvalue weighted by Gasteiger charge is -2.40. The zero-order valence-electron chi connectivity index (χ0n) is 33.3. The highest BCUT2D eigenvalue weighted by Gasteiger charge is 2.51. The maximum Gasteiger partial charge on any atom is 0.164 e. The van der Waals surface area contributed by atoms with Gasteiger partial charge >= 0.3 is 0 Å². The van der Waals surface area contributed by atoms with Gasteiger partial charge in [-0.15, -0.1) is 0 Å². The van der Waals surface area contributed by atoms with Crippen LogP contribution in [0.15, 0.2) is 206 Å². The quantitative estimate of drug-likeness (QED) is 0.174. The Morgan fingerprint density at radius 2 is 0.871 bits per heavy atom. The Morgan fingerprint density at radius 1 is 0.387 bits per heavy atom. The average molecular weight is 791 g/mol. The Hall–Kier alpha value is -8.46. The Kier molecular flexibility index (Phi) is 8.06. The van der Waals surface area contributed by atoms with Gasteiger partial charge < -0.3 is 4.74 Å². The highest BCUT2D eigenvalue weighted by molar-refractivity contribution is 6.04. The topological polar surface area (TPSA) is 71.7 Å². The normalized spacial score (nSPS) is 14.3. The van der Waals surface area contributed by atoms with Gasteiger partial charge in [-0.2, -0.15) is 5.26 Å². The molecule has 62 heavy (non-hydrogen) atoms. The molecule has 0 saturated heterocycles. The first kappa shape index (κ1) is 35.5. The summed E-state index contributed by atoms with van der Waals surface area (Å²) in [6.07, 6.45) is 0. The van der Waals surface area contributed by atoms with Crippen LogP contribution >= 0.6 is 0 Å². The zero-order valence-corrected chi connectivity index (χ0v) is 33.3. The highest BCUT2D eigenvalue weighted by atomic mass is 16.5. The maximum absolute atomic E-state index is 9.55. The minimum Gasteiger partial charge on any atom is -0.457 e. The van der Waals surface area contributed by atoms with Gasteiger partial charge in [-0.1, -0.05) is 170 Å². The van der Waals surface area contributed by atoms with Gasteiger partial charge in [0.15, 0.2) is 17.5 Å². The van der Waals surface area contributed by atoms with Crippen molar-refractivity contribution in [1.82, 2.24) is 15.0 Å². The monoisotopic (exact) mass is 790 g/mol. The largest absolute Gasteiger partial charge is 0.457 e. The molecule has 0 bridgehead atoms. The van der Waals surface area contributed by atoms with Crippen LogP contribution in [0.2, 0.25) is 0 Å². The van der Waals surface area contributed by atoms with E-state index in [-0.39, 0.29) is 0 Å². The molecule has 0 radical (unpaired) electrons. The van der Waals surface area contributed by atoms with Gasteiger partial charge in [-0.05, 0) is 91.7 Å². The summed E-state index contributed by atoms with van der Waals surface area (Å²) in [5, 5.41) is 12.0. The molecule has 2 aliphatic rings. The Bertz CT molecular complexity index is 3370. The molecule has 1 aliphatic heterocycles. The summed E-state index contributed by atoms with van der Waals surface area (Å²) in [5.41, 5.74) is 14.0. The molecule has 1 aliphatic carbocycles.